The van der Waals surface area contributed by atoms with Crippen LogP contribution in [0.3, 0.4) is 0 Å². The summed E-state index contributed by atoms with van der Waals surface area (Å²) in [5, 5.41) is 9.00. The van der Waals surface area contributed by atoms with E-state index in [0.717, 1.165) is 37.8 Å². The largest absolute Gasteiger partial charge is 0.435 e. The molecule has 29 heavy (non-hydrogen) atoms. The van der Waals surface area contributed by atoms with E-state index in [2.05, 4.69) is 25.1 Å². The molecule has 0 unspecified atom stereocenters. The van der Waals surface area contributed by atoms with Crippen molar-refractivity contribution in [3.8, 4) is 0 Å². The standard InChI is InChI=1S/C18H14F3N7S/c1-8-4-9(2)23-17-13(8)14-15(29-17)16-24-12(26-28(16)7-22-14)6-27-10(3)5-11(25-27)18(19,20)21/h4-5,7H,6H2,1-3H3. The highest BCUT2D eigenvalue weighted by atomic mass is 32.1. The van der Waals surface area contributed by atoms with Crippen molar-refractivity contribution in [1.82, 2.24) is 34.3 Å². The van der Waals surface area contributed by atoms with Gasteiger partial charge in [0, 0.05) is 16.8 Å². The highest BCUT2D eigenvalue weighted by molar-refractivity contribution is 7.26. The van der Waals surface area contributed by atoms with Crippen molar-refractivity contribution in [3.05, 3.63) is 46.9 Å². The minimum Gasteiger partial charge on any atom is -0.262 e. The molecule has 0 saturated heterocycles. The van der Waals surface area contributed by atoms with Crippen molar-refractivity contribution < 1.29 is 13.2 Å². The Morgan fingerprint density at radius 3 is 2.59 bits per heavy atom. The monoisotopic (exact) mass is 417 g/mol. The van der Waals surface area contributed by atoms with E-state index in [9.17, 15) is 13.2 Å². The van der Waals surface area contributed by atoms with Crippen LogP contribution >= 0.6 is 11.3 Å². The van der Waals surface area contributed by atoms with E-state index in [0.29, 0.717) is 17.2 Å². The summed E-state index contributed by atoms with van der Waals surface area (Å²) in [5.41, 5.74) is 2.87. The summed E-state index contributed by atoms with van der Waals surface area (Å²) in [4.78, 5) is 14.5. The van der Waals surface area contributed by atoms with Crippen LogP contribution < -0.4 is 0 Å². The number of nitrogens with zero attached hydrogens (tertiary/aromatic N) is 7. The quantitative estimate of drug-likeness (QED) is 0.433. The van der Waals surface area contributed by atoms with Gasteiger partial charge in [0.25, 0.3) is 0 Å². The predicted octanol–water partition coefficient (Wildman–Crippen LogP) is 4.08. The zero-order valence-electron chi connectivity index (χ0n) is 15.6. The van der Waals surface area contributed by atoms with Crippen molar-refractivity contribution in [2.24, 2.45) is 0 Å². The van der Waals surface area contributed by atoms with Crippen LogP contribution in [0.1, 0.15) is 28.5 Å². The summed E-state index contributed by atoms with van der Waals surface area (Å²) < 4.78 is 42.3. The average Bonchev–Trinajstić information content (AvgIpc) is 3.29. The Balaban J connectivity index is 1.63. The topological polar surface area (TPSA) is 73.8 Å². The zero-order chi connectivity index (χ0) is 20.5. The summed E-state index contributed by atoms with van der Waals surface area (Å²) in [6.07, 6.45) is -2.92. The Morgan fingerprint density at radius 2 is 1.86 bits per heavy atom. The van der Waals surface area contributed by atoms with Gasteiger partial charge in [-0.05, 0) is 38.5 Å². The highest BCUT2D eigenvalue weighted by Crippen LogP contribution is 2.35. The van der Waals surface area contributed by atoms with Gasteiger partial charge in [0.1, 0.15) is 22.4 Å². The molecule has 0 aromatic carbocycles. The molecule has 7 nitrogen and oxygen atoms in total. The molecule has 0 bridgehead atoms. The third kappa shape index (κ3) is 2.84. The lowest BCUT2D eigenvalue weighted by Gasteiger charge is -2.01. The highest BCUT2D eigenvalue weighted by Gasteiger charge is 2.34. The molecule has 0 amide bonds. The Labute approximate surface area is 165 Å². The van der Waals surface area contributed by atoms with Crippen molar-refractivity contribution in [2.45, 2.75) is 33.5 Å². The van der Waals surface area contributed by atoms with E-state index in [1.165, 1.54) is 16.0 Å². The molecule has 0 N–H and O–H groups in total. The maximum Gasteiger partial charge on any atom is 0.435 e. The second kappa shape index (κ2) is 5.96. The molecule has 0 atom stereocenters. The van der Waals surface area contributed by atoms with Crippen LogP contribution in [0, 0.1) is 20.8 Å². The number of halogens is 3. The minimum atomic E-state index is -4.49. The smallest absolute Gasteiger partial charge is 0.262 e. The van der Waals surface area contributed by atoms with Crippen molar-refractivity contribution >= 4 is 37.4 Å². The van der Waals surface area contributed by atoms with Gasteiger partial charge >= 0.3 is 6.18 Å². The first kappa shape index (κ1) is 18.0. The Morgan fingerprint density at radius 1 is 1.07 bits per heavy atom. The maximum absolute atomic E-state index is 12.9. The summed E-state index contributed by atoms with van der Waals surface area (Å²) in [5.74, 6) is 0.359. The molecule has 0 saturated carbocycles. The van der Waals surface area contributed by atoms with E-state index in [1.54, 1.807) is 17.8 Å². The van der Waals surface area contributed by atoms with Crippen molar-refractivity contribution in [1.29, 1.82) is 0 Å². The number of hydrogen-bond donors (Lipinski definition) is 0. The summed E-state index contributed by atoms with van der Waals surface area (Å²) >= 11 is 1.48. The molecule has 5 rings (SSSR count). The first-order valence-corrected chi connectivity index (χ1v) is 9.55. The van der Waals surface area contributed by atoms with E-state index in [1.807, 2.05) is 19.9 Å². The average molecular weight is 417 g/mol. The van der Waals surface area contributed by atoms with Crippen LogP contribution in [-0.2, 0) is 12.7 Å². The zero-order valence-corrected chi connectivity index (χ0v) is 16.4. The summed E-state index contributed by atoms with van der Waals surface area (Å²) in [6, 6.07) is 3.02. The van der Waals surface area contributed by atoms with Crippen LogP contribution in [0.4, 0.5) is 13.2 Å². The van der Waals surface area contributed by atoms with Gasteiger partial charge in [-0.2, -0.15) is 18.3 Å². The van der Waals surface area contributed by atoms with Gasteiger partial charge in [0.05, 0.1) is 5.52 Å². The fourth-order valence-corrected chi connectivity index (χ4v) is 4.65. The van der Waals surface area contributed by atoms with Gasteiger partial charge in [-0.3, -0.25) is 4.68 Å². The van der Waals surface area contributed by atoms with Gasteiger partial charge in [-0.15, -0.1) is 16.4 Å². The molecule has 0 fully saturated rings. The number of pyridine rings is 1. The number of thiophene rings is 1. The van der Waals surface area contributed by atoms with Crippen LogP contribution in [0.5, 0.6) is 0 Å². The molecule has 0 aliphatic rings. The first-order chi connectivity index (χ1) is 13.7. The third-order valence-electron chi connectivity index (χ3n) is 4.70. The number of aryl methyl sites for hydroxylation is 3. The third-order valence-corrected chi connectivity index (χ3v) is 5.77. The Hall–Kier alpha value is -3.08. The summed E-state index contributed by atoms with van der Waals surface area (Å²) in [6.45, 7) is 5.56. The molecular formula is C18H14F3N7S. The lowest BCUT2D eigenvalue weighted by atomic mass is 10.1. The molecular weight excluding hydrogens is 403 g/mol. The van der Waals surface area contributed by atoms with Crippen LogP contribution in [0.25, 0.3) is 26.1 Å². The minimum absolute atomic E-state index is 0.0341. The van der Waals surface area contributed by atoms with Gasteiger partial charge in [-0.1, -0.05) is 0 Å². The number of alkyl halides is 3. The van der Waals surface area contributed by atoms with E-state index >= 15 is 0 Å². The lowest BCUT2D eigenvalue weighted by Crippen LogP contribution is -2.09. The molecule has 0 radical (unpaired) electrons. The van der Waals surface area contributed by atoms with Crippen LogP contribution in [0.2, 0.25) is 0 Å². The van der Waals surface area contributed by atoms with E-state index in [-0.39, 0.29) is 6.54 Å². The van der Waals surface area contributed by atoms with Gasteiger partial charge in [0.15, 0.2) is 17.2 Å². The summed E-state index contributed by atoms with van der Waals surface area (Å²) in [7, 11) is 0. The number of rotatable bonds is 2. The van der Waals surface area contributed by atoms with Gasteiger partial charge < -0.3 is 0 Å². The second-order valence-corrected chi connectivity index (χ2v) is 7.91. The Bertz CT molecular complexity index is 1410. The molecule has 11 heteroatoms. The normalized spacial score (nSPS) is 12.6. The van der Waals surface area contributed by atoms with Crippen LogP contribution in [-0.4, -0.2) is 34.3 Å². The number of fused-ring (bicyclic) bond motifs is 5. The van der Waals surface area contributed by atoms with Gasteiger partial charge in [-0.25, -0.2) is 19.5 Å². The fourth-order valence-electron chi connectivity index (χ4n) is 3.42. The SMILES string of the molecule is Cc1cc(C)c2c(n1)sc1c2ncn2nc(Cn3nc(C(F)(F)F)cc3C)nc12. The first-order valence-electron chi connectivity index (χ1n) is 8.73. The molecule has 0 aliphatic heterocycles. The van der Waals surface area contributed by atoms with Crippen LogP contribution in [0.15, 0.2) is 18.5 Å². The van der Waals surface area contributed by atoms with Gasteiger partial charge in [0.2, 0.25) is 0 Å². The van der Waals surface area contributed by atoms with E-state index < -0.39 is 11.9 Å². The molecule has 148 valence electrons. The molecule has 0 spiro atoms. The van der Waals surface area contributed by atoms with Crippen molar-refractivity contribution in [2.75, 3.05) is 0 Å². The second-order valence-electron chi connectivity index (χ2n) is 6.91. The molecule has 5 aromatic heterocycles. The number of aromatic nitrogens is 7. The molecule has 5 aromatic rings. The molecule has 5 heterocycles. The van der Waals surface area contributed by atoms with Crippen molar-refractivity contribution in [3.63, 3.8) is 0 Å². The fraction of sp³-hybridized carbons (Fsp3) is 0.278. The predicted molar refractivity (Wildman–Crippen MR) is 102 cm³/mol. The number of hydrogen-bond acceptors (Lipinski definition) is 6. The maximum atomic E-state index is 12.9. The lowest BCUT2D eigenvalue weighted by molar-refractivity contribution is -0.141. The Kier molecular flexibility index (Phi) is 3.69. The molecule has 0 aliphatic carbocycles. The van der Waals surface area contributed by atoms with E-state index in [4.69, 9.17) is 0 Å².